The summed E-state index contributed by atoms with van der Waals surface area (Å²) in [5, 5.41) is 2.80. The van der Waals surface area contributed by atoms with Crippen molar-refractivity contribution in [1.29, 1.82) is 0 Å². The van der Waals surface area contributed by atoms with Crippen LogP contribution < -0.4 is 10.1 Å². The fourth-order valence-electron chi connectivity index (χ4n) is 2.19. The molecule has 1 aromatic carbocycles. The molecule has 1 unspecified atom stereocenters. The largest absolute Gasteiger partial charge is 0.484 e. The number of hydrogen-bond acceptors (Lipinski definition) is 3. The lowest BCUT2D eigenvalue weighted by Crippen LogP contribution is -2.33. The highest BCUT2D eigenvalue weighted by Gasteiger charge is 2.26. The fraction of sp³-hybridized carbons (Fsp3) is 0.467. The number of nitrogens with zero attached hydrogens (tertiary/aromatic N) is 1. The summed E-state index contributed by atoms with van der Waals surface area (Å²) in [6.07, 6.45) is 0.510. The van der Waals surface area contributed by atoms with Gasteiger partial charge in [-0.15, -0.1) is 0 Å². The quantitative estimate of drug-likeness (QED) is 0.871. The molecule has 0 saturated carbocycles. The Hall–Kier alpha value is -2.04. The molecule has 2 amide bonds. The van der Waals surface area contributed by atoms with Gasteiger partial charge < -0.3 is 15.0 Å². The smallest absolute Gasteiger partial charge is 0.257 e. The number of aryl methyl sites for hydroxylation is 1. The molecule has 0 radical (unpaired) electrons. The third-order valence-electron chi connectivity index (χ3n) is 3.40. The summed E-state index contributed by atoms with van der Waals surface area (Å²) < 4.78 is 5.39. The first-order valence-electron chi connectivity index (χ1n) is 6.74. The van der Waals surface area contributed by atoms with E-state index in [2.05, 4.69) is 5.32 Å². The number of likely N-dealkylation sites (tertiary alicyclic amines) is 1. The van der Waals surface area contributed by atoms with Crippen LogP contribution in [0.25, 0.3) is 0 Å². The van der Waals surface area contributed by atoms with Gasteiger partial charge in [0.05, 0.1) is 0 Å². The zero-order valence-corrected chi connectivity index (χ0v) is 11.9. The molecule has 5 heteroatoms. The van der Waals surface area contributed by atoms with Crippen LogP contribution >= 0.6 is 0 Å². The van der Waals surface area contributed by atoms with E-state index in [4.69, 9.17) is 4.74 Å². The molecule has 0 aliphatic carbocycles. The Balaban J connectivity index is 1.68. The van der Waals surface area contributed by atoms with Crippen molar-refractivity contribution in [2.24, 2.45) is 5.92 Å². The maximum Gasteiger partial charge on any atom is 0.257 e. The molecule has 2 rings (SSSR count). The van der Waals surface area contributed by atoms with Crippen LogP contribution in [0, 0.1) is 12.8 Å². The Morgan fingerprint density at radius 3 is 2.70 bits per heavy atom. The first-order chi connectivity index (χ1) is 9.54. The number of amides is 2. The molecule has 0 spiro atoms. The average molecular weight is 276 g/mol. The van der Waals surface area contributed by atoms with Gasteiger partial charge in [-0.3, -0.25) is 9.59 Å². The van der Waals surface area contributed by atoms with E-state index in [0.717, 1.165) is 5.56 Å². The lowest BCUT2D eigenvalue weighted by atomic mass is 10.1. The van der Waals surface area contributed by atoms with Crippen LogP contribution in [-0.4, -0.2) is 43.5 Å². The van der Waals surface area contributed by atoms with Gasteiger partial charge in [0.2, 0.25) is 5.91 Å². The fourth-order valence-corrected chi connectivity index (χ4v) is 2.19. The van der Waals surface area contributed by atoms with Crippen LogP contribution in [0.4, 0.5) is 0 Å². The molecule has 1 saturated heterocycles. The molecule has 1 aliphatic heterocycles. The summed E-state index contributed by atoms with van der Waals surface area (Å²) in [5.41, 5.74) is 1.15. The maximum atomic E-state index is 11.7. The van der Waals surface area contributed by atoms with E-state index in [9.17, 15) is 9.59 Å². The van der Waals surface area contributed by atoms with Gasteiger partial charge in [-0.2, -0.15) is 0 Å². The first-order valence-corrected chi connectivity index (χ1v) is 6.74. The highest BCUT2D eigenvalue weighted by Crippen LogP contribution is 2.14. The first kappa shape index (κ1) is 14.4. The van der Waals surface area contributed by atoms with Crippen LogP contribution in [0.3, 0.4) is 0 Å². The zero-order chi connectivity index (χ0) is 14.5. The molecule has 5 nitrogen and oxygen atoms in total. The Kier molecular flexibility index (Phi) is 4.61. The second-order valence-electron chi connectivity index (χ2n) is 5.25. The number of carbonyl (C=O) groups is 2. The van der Waals surface area contributed by atoms with E-state index in [1.165, 1.54) is 0 Å². The van der Waals surface area contributed by atoms with Gasteiger partial charge in [0.1, 0.15) is 5.75 Å². The van der Waals surface area contributed by atoms with Gasteiger partial charge in [-0.1, -0.05) is 17.7 Å². The highest BCUT2D eigenvalue weighted by molar-refractivity contribution is 5.79. The number of rotatable bonds is 5. The topological polar surface area (TPSA) is 58.6 Å². The number of benzene rings is 1. The summed E-state index contributed by atoms with van der Waals surface area (Å²) in [6.45, 7) is 3.22. The van der Waals surface area contributed by atoms with Gasteiger partial charge in [-0.05, 0) is 19.1 Å². The molecule has 0 bridgehead atoms. The van der Waals surface area contributed by atoms with Crippen molar-refractivity contribution in [3.63, 3.8) is 0 Å². The zero-order valence-electron chi connectivity index (χ0n) is 11.9. The van der Waals surface area contributed by atoms with Crippen molar-refractivity contribution in [2.75, 3.05) is 26.7 Å². The van der Waals surface area contributed by atoms with Crippen LogP contribution in [-0.2, 0) is 9.59 Å². The van der Waals surface area contributed by atoms with E-state index in [0.29, 0.717) is 25.3 Å². The van der Waals surface area contributed by atoms with Crippen molar-refractivity contribution in [3.05, 3.63) is 29.8 Å². The summed E-state index contributed by atoms with van der Waals surface area (Å²) in [6, 6.07) is 7.56. The molecule has 20 heavy (non-hydrogen) atoms. The van der Waals surface area contributed by atoms with E-state index in [1.807, 2.05) is 31.2 Å². The summed E-state index contributed by atoms with van der Waals surface area (Å²) >= 11 is 0. The summed E-state index contributed by atoms with van der Waals surface area (Å²) in [4.78, 5) is 24.7. The molecular weight excluding hydrogens is 256 g/mol. The molecule has 1 aromatic rings. The van der Waals surface area contributed by atoms with Crippen molar-refractivity contribution >= 4 is 11.8 Å². The molecule has 1 N–H and O–H groups in total. The van der Waals surface area contributed by atoms with Gasteiger partial charge >= 0.3 is 0 Å². The van der Waals surface area contributed by atoms with Gasteiger partial charge in [-0.25, -0.2) is 0 Å². The monoisotopic (exact) mass is 276 g/mol. The van der Waals surface area contributed by atoms with Crippen LogP contribution in [0.1, 0.15) is 12.0 Å². The standard InChI is InChI=1S/C15H20N2O3/c1-11-3-5-13(6-4-11)20-10-14(18)16-8-12-7-15(19)17(2)9-12/h3-6,12H,7-10H2,1-2H3,(H,16,18). The van der Waals surface area contributed by atoms with E-state index < -0.39 is 0 Å². The van der Waals surface area contributed by atoms with Crippen molar-refractivity contribution in [2.45, 2.75) is 13.3 Å². The van der Waals surface area contributed by atoms with Gasteiger partial charge in [0.25, 0.3) is 5.91 Å². The Bertz CT molecular complexity index is 484. The molecule has 0 aromatic heterocycles. The van der Waals surface area contributed by atoms with Gasteiger partial charge in [0, 0.05) is 32.5 Å². The van der Waals surface area contributed by atoms with Crippen LogP contribution in [0.5, 0.6) is 5.75 Å². The van der Waals surface area contributed by atoms with Crippen molar-refractivity contribution in [1.82, 2.24) is 10.2 Å². The second-order valence-corrected chi connectivity index (χ2v) is 5.25. The van der Waals surface area contributed by atoms with Gasteiger partial charge in [0.15, 0.2) is 6.61 Å². The summed E-state index contributed by atoms with van der Waals surface area (Å²) in [7, 11) is 1.78. The normalized spacial score (nSPS) is 18.2. The highest BCUT2D eigenvalue weighted by atomic mass is 16.5. The predicted molar refractivity (Wildman–Crippen MR) is 75.4 cm³/mol. The Morgan fingerprint density at radius 2 is 2.10 bits per heavy atom. The van der Waals surface area contributed by atoms with Crippen molar-refractivity contribution < 1.29 is 14.3 Å². The predicted octanol–water partition coefficient (Wildman–Crippen LogP) is 0.968. The Morgan fingerprint density at radius 1 is 1.40 bits per heavy atom. The van der Waals surface area contributed by atoms with Crippen LogP contribution in [0.15, 0.2) is 24.3 Å². The molecule has 1 fully saturated rings. The Labute approximate surface area is 118 Å². The maximum absolute atomic E-state index is 11.7. The minimum Gasteiger partial charge on any atom is -0.484 e. The minimum absolute atomic E-state index is 0.000430. The molecule has 108 valence electrons. The second kappa shape index (κ2) is 6.41. The molecular formula is C15H20N2O3. The number of ether oxygens (including phenoxy) is 1. The van der Waals surface area contributed by atoms with Crippen LogP contribution in [0.2, 0.25) is 0 Å². The number of carbonyl (C=O) groups excluding carboxylic acids is 2. The third kappa shape index (κ3) is 3.98. The third-order valence-corrected chi connectivity index (χ3v) is 3.40. The molecule has 1 aliphatic rings. The van der Waals surface area contributed by atoms with E-state index in [-0.39, 0.29) is 24.3 Å². The minimum atomic E-state index is -0.160. The van der Waals surface area contributed by atoms with E-state index >= 15 is 0 Å². The van der Waals surface area contributed by atoms with Crippen molar-refractivity contribution in [3.8, 4) is 5.75 Å². The SMILES string of the molecule is Cc1ccc(OCC(=O)NCC2CC(=O)N(C)C2)cc1. The number of hydrogen-bond donors (Lipinski definition) is 1. The summed E-state index contributed by atoms with van der Waals surface area (Å²) in [5.74, 6) is 0.866. The average Bonchev–Trinajstić information content (AvgIpc) is 2.75. The van der Waals surface area contributed by atoms with E-state index in [1.54, 1.807) is 11.9 Å². The number of nitrogens with one attached hydrogen (secondary N) is 1. The molecule has 1 atom stereocenters. The molecule has 1 heterocycles. The lowest BCUT2D eigenvalue weighted by molar-refractivity contribution is -0.126. The lowest BCUT2D eigenvalue weighted by Gasteiger charge is -2.12.